The van der Waals surface area contributed by atoms with Crippen LogP contribution >= 0.6 is 11.6 Å². The van der Waals surface area contributed by atoms with Crippen molar-refractivity contribution in [3.63, 3.8) is 0 Å². The minimum Gasteiger partial charge on any atom is -0.399 e. The molecular formula is C15H14ClFN2O. The number of hydrogen-bond donors (Lipinski definition) is 1. The molecule has 0 spiro atoms. The topological polar surface area (TPSA) is 46.3 Å². The Hall–Kier alpha value is -2.07. The predicted octanol–water partition coefficient (Wildman–Crippen LogP) is 3.73. The van der Waals surface area contributed by atoms with Crippen molar-refractivity contribution in [3.05, 3.63) is 58.9 Å². The summed E-state index contributed by atoms with van der Waals surface area (Å²) in [6.07, 6.45) is 0. The average molecular weight is 293 g/mol. The Labute approximate surface area is 121 Å². The summed E-state index contributed by atoms with van der Waals surface area (Å²) in [5, 5.41) is 0.0948. The Kier molecular flexibility index (Phi) is 4.25. The molecule has 0 bridgehead atoms. The molecule has 5 heteroatoms. The largest absolute Gasteiger partial charge is 0.399 e. The van der Waals surface area contributed by atoms with Crippen LogP contribution in [0.25, 0.3) is 0 Å². The number of carbonyl (C=O) groups excluding carboxylic acids is 1. The van der Waals surface area contributed by atoms with Gasteiger partial charge in [-0.3, -0.25) is 4.79 Å². The second kappa shape index (κ2) is 5.92. The van der Waals surface area contributed by atoms with Crippen LogP contribution in [-0.4, -0.2) is 12.5 Å². The van der Waals surface area contributed by atoms with Gasteiger partial charge in [-0.05, 0) is 43.3 Å². The van der Waals surface area contributed by atoms with E-state index < -0.39 is 5.82 Å². The number of nitrogens with two attached hydrogens (primary N) is 1. The third-order valence-electron chi connectivity index (χ3n) is 2.90. The first kappa shape index (κ1) is 14.3. The van der Waals surface area contributed by atoms with Gasteiger partial charge in [0.05, 0.1) is 10.6 Å². The molecule has 2 aromatic rings. The van der Waals surface area contributed by atoms with Gasteiger partial charge in [-0.25, -0.2) is 4.39 Å². The number of amides is 1. The summed E-state index contributed by atoms with van der Waals surface area (Å²) in [7, 11) is 0. The van der Waals surface area contributed by atoms with Crippen LogP contribution in [0.15, 0.2) is 42.5 Å². The fraction of sp³-hybridized carbons (Fsp3) is 0.133. The van der Waals surface area contributed by atoms with Gasteiger partial charge in [-0.1, -0.05) is 17.7 Å². The molecule has 2 aromatic carbocycles. The highest BCUT2D eigenvalue weighted by Crippen LogP contribution is 2.23. The number of benzene rings is 2. The van der Waals surface area contributed by atoms with Crippen molar-refractivity contribution in [2.75, 3.05) is 17.2 Å². The normalized spacial score (nSPS) is 10.3. The smallest absolute Gasteiger partial charge is 0.259 e. The fourth-order valence-corrected chi connectivity index (χ4v) is 2.19. The van der Waals surface area contributed by atoms with Crippen molar-refractivity contribution in [1.82, 2.24) is 0 Å². The van der Waals surface area contributed by atoms with Crippen LogP contribution in [0.2, 0.25) is 5.02 Å². The van der Waals surface area contributed by atoms with Crippen LogP contribution < -0.4 is 10.6 Å². The second-order valence-electron chi connectivity index (χ2n) is 4.27. The van der Waals surface area contributed by atoms with E-state index in [0.717, 1.165) is 6.07 Å². The average Bonchev–Trinajstić information content (AvgIpc) is 2.39. The molecule has 3 nitrogen and oxygen atoms in total. The van der Waals surface area contributed by atoms with E-state index in [4.69, 9.17) is 17.3 Å². The predicted molar refractivity (Wildman–Crippen MR) is 79.6 cm³/mol. The lowest BCUT2D eigenvalue weighted by Crippen LogP contribution is -2.30. The van der Waals surface area contributed by atoms with E-state index in [1.54, 1.807) is 24.3 Å². The van der Waals surface area contributed by atoms with Crippen molar-refractivity contribution in [1.29, 1.82) is 0 Å². The van der Waals surface area contributed by atoms with Crippen molar-refractivity contribution < 1.29 is 9.18 Å². The van der Waals surface area contributed by atoms with Crippen LogP contribution in [0.4, 0.5) is 15.8 Å². The molecule has 0 fully saturated rings. The lowest BCUT2D eigenvalue weighted by atomic mass is 10.1. The monoisotopic (exact) mass is 292 g/mol. The second-order valence-corrected chi connectivity index (χ2v) is 4.68. The number of rotatable bonds is 3. The van der Waals surface area contributed by atoms with Crippen LogP contribution in [0.5, 0.6) is 0 Å². The molecule has 0 atom stereocenters. The third kappa shape index (κ3) is 2.91. The fourth-order valence-electron chi connectivity index (χ4n) is 1.94. The van der Waals surface area contributed by atoms with Crippen LogP contribution in [-0.2, 0) is 0 Å². The highest BCUT2D eigenvalue weighted by molar-refractivity contribution is 6.34. The van der Waals surface area contributed by atoms with Gasteiger partial charge in [0.15, 0.2) is 0 Å². The van der Waals surface area contributed by atoms with Gasteiger partial charge in [-0.2, -0.15) is 0 Å². The highest BCUT2D eigenvalue weighted by Gasteiger charge is 2.19. The third-order valence-corrected chi connectivity index (χ3v) is 3.22. The molecular weight excluding hydrogens is 279 g/mol. The molecule has 2 rings (SSSR count). The molecule has 0 saturated heterocycles. The van der Waals surface area contributed by atoms with Gasteiger partial charge in [0.2, 0.25) is 0 Å². The first-order chi connectivity index (χ1) is 9.52. The van der Waals surface area contributed by atoms with Gasteiger partial charge in [0.1, 0.15) is 5.82 Å². The summed E-state index contributed by atoms with van der Waals surface area (Å²) in [5.41, 5.74) is 7.23. The lowest BCUT2D eigenvalue weighted by molar-refractivity contribution is 0.0988. The molecule has 0 saturated carbocycles. The van der Waals surface area contributed by atoms with E-state index in [9.17, 15) is 9.18 Å². The Balaban J connectivity index is 2.39. The first-order valence-electron chi connectivity index (χ1n) is 6.15. The summed E-state index contributed by atoms with van der Waals surface area (Å²) in [4.78, 5) is 14.0. The SMILES string of the molecule is CCN(C(=O)c1ccc(F)cc1Cl)c1cccc(N)c1. The van der Waals surface area contributed by atoms with Crippen molar-refractivity contribution in [2.24, 2.45) is 0 Å². The quantitative estimate of drug-likeness (QED) is 0.876. The Bertz CT molecular complexity index is 646. The Morgan fingerprint density at radius 1 is 1.30 bits per heavy atom. The molecule has 0 aromatic heterocycles. The van der Waals surface area contributed by atoms with Crippen LogP contribution in [0.3, 0.4) is 0 Å². The summed E-state index contributed by atoms with van der Waals surface area (Å²) in [5.74, 6) is -0.762. The van der Waals surface area contributed by atoms with E-state index in [1.165, 1.54) is 17.0 Å². The van der Waals surface area contributed by atoms with Crippen molar-refractivity contribution in [2.45, 2.75) is 6.92 Å². The van der Waals surface area contributed by atoms with Gasteiger partial charge in [-0.15, -0.1) is 0 Å². The molecule has 20 heavy (non-hydrogen) atoms. The molecule has 1 amide bonds. The molecule has 0 radical (unpaired) electrons. The van der Waals surface area contributed by atoms with Crippen LogP contribution in [0.1, 0.15) is 17.3 Å². The molecule has 2 N–H and O–H groups in total. The summed E-state index contributed by atoms with van der Waals surface area (Å²) in [6.45, 7) is 2.30. The van der Waals surface area contributed by atoms with E-state index in [1.807, 2.05) is 6.92 Å². The van der Waals surface area contributed by atoms with E-state index in [0.29, 0.717) is 17.9 Å². The van der Waals surface area contributed by atoms with E-state index >= 15 is 0 Å². The van der Waals surface area contributed by atoms with Crippen molar-refractivity contribution >= 4 is 28.9 Å². The standard InChI is InChI=1S/C15H14ClFN2O/c1-2-19(12-5-3-4-11(18)9-12)15(20)13-7-6-10(17)8-14(13)16/h3-9H,2,18H2,1H3. The first-order valence-corrected chi connectivity index (χ1v) is 6.53. The Morgan fingerprint density at radius 3 is 2.65 bits per heavy atom. The highest BCUT2D eigenvalue weighted by atomic mass is 35.5. The number of hydrogen-bond acceptors (Lipinski definition) is 2. The summed E-state index contributed by atoms with van der Waals surface area (Å²) in [6, 6.07) is 10.7. The summed E-state index contributed by atoms with van der Waals surface area (Å²) < 4.78 is 13.0. The maximum absolute atomic E-state index is 13.0. The molecule has 0 aliphatic carbocycles. The van der Waals surface area contributed by atoms with Gasteiger partial charge >= 0.3 is 0 Å². The molecule has 0 unspecified atom stereocenters. The van der Waals surface area contributed by atoms with E-state index in [2.05, 4.69) is 0 Å². The number of halogens is 2. The number of nitrogens with zero attached hydrogens (tertiary/aromatic N) is 1. The maximum Gasteiger partial charge on any atom is 0.259 e. The zero-order valence-corrected chi connectivity index (χ0v) is 11.7. The minimum atomic E-state index is -0.474. The lowest BCUT2D eigenvalue weighted by Gasteiger charge is -2.22. The number of carbonyl (C=O) groups is 1. The van der Waals surface area contributed by atoms with E-state index in [-0.39, 0.29) is 16.5 Å². The maximum atomic E-state index is 13.0. The summed E-state index contributed by atoms with van der Waals surface area (Å²) >= 11 is 5.93. The van der Waals surface area contributed by atoms with Gasteiger partial charge in [0.25, 0.3) is 5.91 Å². The molecule has 0 aliphatic heterocycles. The zero-order valence-electron chi connectivity index (χ0n) is 10.9. The molecule has 0 heterocycles. The Morgan fingerprint density at radius 2 is 2.05 bits per heavy atom. The van der Waals surface area contributed by atoms with Gasteiger partial charge < -0.3 is 10.6 Å². The zero-order chi connectivity index (χ0) is 14.7. The number of anilines is 2. The van der Waals surface area contributed by atoms with Crippen LogP contribution in [0, 0.1) is 5.82 Å². The van der Waals surface area contributed by atoms with Gasteiger partial charge in [0, 0.05) is 17.9 Å². The number of nitrogen functional groups attached to an aromatic ring is 1. The minimum absolute atomic E-state index is 0.0948. The molecule has 0 aliphatic rings. The molecule has 104 valence electrons. The van der Waals surface area contributed by atoms with Crippen molar-refractivity contribution in [3.8, 4) is 0 Å².